The van der Waals surface area contributed by atoms with Gasteiger partial charge in [-0.15, -0.1) is 0 Å². The third kappa shape index (κ3) is 3.88. The summed E-state index contributed by atoms with van der Waals surface area (Å²) in [5.41, 5.74) is 3.08. The Bertz CT molecular complexity index is 1010. The Labute approximate surface area is 163 Å². The molecule has 2 heterocycles. The molecule has 0 aliphatic carbocycles. The molecule has 1 N–H and O–H groups in total. The molecule has 140 valence electrons. The van der Waals surface area contributed by atoms with E-state index in [0.29, 0.717) is 24.4 Å². The molecule has 2 aromatic carbocycles. The van der Waals surface area contributed by atoms with Crippen LogP contribution in [0.3, 0.4) is 0 Å². The average molecular weight is 372 g/mol. The Morgan fingerprint density at radius 3 is 2.43 bits per heavy atom. The minimum absolute atomic E-state index is 0.197. The van der Waals surface area contributed by atoms with E-state index in [4.69, 9.17) is 4.42 Å². The van der Waals surface area contributed by atoms with Crippen LogP contribution in [0, 0.1) is 0 Å². The molecule has 1 aromatic heterocycles. The molecule has 2 amide bonds. The molecule has 1 aliphatic heterocycles. The minimum Gasteiger partial charge on any atom is -0.465 e. The topological polar surface area (TPSA) is 62.6 Å². The van der Waals surface area contributed by atoms with Crippen molar-refractivity contribution >= 4 is 17.9 Å². The molecule has 5 nitrogen and oxygen atoms in total. The van der Waals surface area contributed by atoms with Crippen molar-refractivity contribution in [3.8, 4) is 0 Å². The molecule has 0 saturated carbocycles. The highest BCUT2D eigenvalue weighted by Crippen LogP contribution is 2.20. The van der Waals surface area contributed by atoms with Gasteiger partial charge in [0, 0.05) is 24.7 Å². The van der Waals surface area contributed by atoms with Crippen molar-refractivity contribution in [1.82, 2.24) is 10.2 Å². The predicted octanol–water partition coefficient (Wildman–Crippen LogP) is 3.64. The molecular weight excluding hydrogens is 352 g/mol. The van der Waals surface area contributed by atoms with E-state index in [-0.39, 0.29) is 17.5 Å². The minimum atomic E-state index is -0.329. The van der Waals surface area contributed by atoms with E-state index >= 15 is 0 Å². The molecule has 0 fully saturated rings. The van der Waals surface area contributed by atoms with Crippen molar-refractivity contribution in [2.45, 2.75) is 13.0 Å². The molecule has 0 spiro atoms. The number of nitrogens with one attached hydrogen (secondary N) is 1. The maximum absolute atomic E-state index is 13.2. The van der Waals surface area contributed by atoms with Gasteiger partial charge < -0.3 is 14.6 Å². The lowest BCUT2D eigenvalue weighted by Crippen LogP contribution is -2.41. The zero-order chi connectivity index (χ0) is 19.3. The van der Waals surface area contributed by atoms with Crippen LogP contribution >= 0.6 is 0 Å². The van der Waals surface area contributed by atoms with Gasteiger partial charge >= 0.3 is 0 Å². The first-order valence-corrected chi connectivity index (χ1v) is 9.18. The molecule has 1 aliphatic rings. The highest BCUT2D eigenvalue weighted by atomic mass is 16.3. The van der Waals surface area contributed by atoms with E-state index < -0.39 is 0 Å². The number of benzene rings is 2. The van der Waals surface area contributed by atoms with E-state index in [1.54, 1.807) is 47.4 Å². The monoisotopic (exact) mass is 372 g/mol. The number of nitrogens with zero attached hydrogens (tertiary/aromatic N) is 1. The summed E-state index contributed by atoms with van der Waals surface area (Å²) in [4.78, 5) is 27.6. The number of rotatable bonds is 4. The van der Waals surface area contributed by atoms with E-state index in [9.17, 15) is 9.59 Å². The van der Waals surface area contributed by atoms with Crippen LogP contribution in [-0.2, 0) is 17.8 Å². The maximum atomic E-state index is 13.2. The third-order valence-corrected chi connectivity index (χ3v) is 4.76. The average Bonchev–Trinajstić information content (AvgIpc) is 3.26. The van der Waals surface area contributed by atoms with Gasteiger partial charge in [0.2, 0.25) is 0 Å². The van der Waals surface area contributed by atoms with Gasteiger partial charge in [0.05, 0.1) is 6.26 Å². The Balaban J connectivity index is 1.59. The lowest BCUT2D eigenvalue weighted by molar-refractivity contribution is -0.128. The van der Waals surface area contributed by atoms with E-state index in [0.717, 1.165) is 12.0 Å². The summed E-state index contributed by atoms with van der Waals surface area (Å²) in [6.45, 7) is 1.12. The van der Waals surface area contributed by atoms with Crippen molar-refractivity contribution in [1.29, 1.82) is 0 Å². The van der Waals surface area contributed by atoms with Crippen LogP contribution < -0.4 is 5.32 Å². The summed E-state index contributed by atoms with van der Waals surface area (Å²) in [6, 6.07) is 20.4. The van der Waals surface area contributed by atoms with Gasteiger partial charge in [0.1, 0.15) is 11.5 Å². The Morgan fingerprint density at radius 2 is 1.68 bits per heavy atom. The van der Waals surface area contributed by atoms with Crippen molar-refractivity contribution in [3.05, 3.63) is 101 Å². The quantitative estimate of drug-likeness (QED) is 0.712. The smallest absolute Gasteiger partial charge is 0.270 e. The lowest BCUT2D eigenvalue weighted by atomic mass is 9.99. The molecule has 4 rings (SSSR count). The normalized spacial score (nSPS) is 13.7. The van der Waals surface area contributed by atoms with E-state index in [1.165, 1.54) is 11.8 Å². The van der Waals surface area contributed by atoms with Crippen LogP contribution in [0.1, 0.15) is 27.2 Å². The van der Waals surface area contributed by atoms with Gasteiger partial charge in [-0.1, -0.05) is 42.5 Å². The van der Waals surface area contributed by atoms with Crippen LogP contribution in [0.5, 0.6) is 0 Å². The maximum Gasteiger partial charge on any atom is 0.270 e. The molecule has 0 atom stereocenters. The van der Waals surface area contributed by atoms with Gasteiger partial charge in [0.15, 0.2) is 0 Å². The van der Waals surface area contributed by atoms with Gasteiger partial charge in [-0.3, -0.25) is 9.59 Å². The highest BCUT2D eigenvalue weighted by molar-refractivity contribution is 6.05. The fraction of sp³-hybridized carbons (Fsp3) is 0.130. The lowest BCUT2D eigenvalue weighted by Gasteiger charge is -2.29. The first-order valence-electron chi connectivity index (χ1n) is 9.18. The largest absolute Gasteiger partial charge is 0.465 e. The van der Waals surface area contributed by atoms with Gasteiger partial charge in [-0.05, 0) is 41.8 Å². The summed E-state index contributed by atoms with van der Waals surface area (Å²) in [7, 11) is 0. The second kappa shape index (κ2) is 7.96. The van der Waals surface area contributed by atoms with Crippen LogP contribution in [0.2, 0.25) is 0 Å². The van der Waals surface area contributed by atoms with Gasteiger partial charge in [-0.25, -0.2) is 0 Å². The highest BCUT2D eigenvalue weighted by Gasteiger charge is 2.25. The number of carbonyl (C=O) groups is 2. The summed E-state index contributed by atoms with van der Waals surface area (Å²) >= 11 is 0. The van der Waals surface area contributed by atoms with Gasteiger partial charge in [0.25, 0.3) is 11.8 Å². The molecule has 3 aromatic rings. The molecular formula is C23H20N2O3. The zero-order valence-electron chi connectivity index (χ0n) is 15.3. The number of furan rings is 1. The van der Waals surface area contributed by atoms with Crippen LogP contribution in [0.25, 0.3) is 6.08 Å². The molecule has 5 heteroatoms. The zero-order valence-corrected chi connectivity index (χ0v) is 15.3. The van der Waals surface area contributed by atoms with Gasteiger partial charge in [-0.2, -0.15) is 0 Å². The second-order valence-electron chi connectivity index (χ2n) is 6.64. The molecule has 28 heavy (non-hydrogen) atoms. The summed E-state index contributed by atoms with van der Waals surface area (Å²) in [5, 5.41) is 2.76. The Morgan fingerprint density at radius 1 is 0.929 bits per heavy atom. The molecule has 0 bridgehead atoms. The second-order valence-corrected chi connectivity index (χ2v) is 6.64. The standard InChI is InChI=1S/C23H20N2O3/c26-22(18-8-2-1-3-9-18)24-21(15-20-11-6-14-28-20)23(27)25-13-12-17-7-4-5-10-19(17)16-25/h1-11,14-15H,12-13,16H2,(H,24,26)/b21-15+. The molecule has 0 radical (unpaired) electrons. The van der Waals surface area contributed by atoms with Crippen molar-refractivity contribution in [3.63, 3.8) is 0 Å². The third-order valence-electron chi connectivity index (χ3n) is 4.76. The number of hydrogen-bond acceptors (Lipinski definition) is 3. The fourth-order valence-corrected chi connectivity index (χ4v) is 3.29. The van der Waals surface area contributed by atoms with Crippen LogP contribution in [0.15, 0.2) is 83.1 Å². The number of hydrogen-bond donors (Lipinski definition) is 1. The first kappa shape index (κ1) is 17.8. The Hall–Kier alpha value is -3.60. The summed E-state index contributed by atoms with van der Waals surface area (Å²) in [6.07, 6.45) is 3.90. The number of amides is 2. The summed E-state index contributed by atoms with van der Waals surface area (Å²) < 4.78 is 5.35. The van der Waals surface area contributed by atoms with Crippen molar-refractivity contribution in [2.75, 3.05) is 6.54 Å². The fourth-order valence-electron chi connectivity index (χ4n) is 3.29. The van der Waals surface area contributed by atoms with Crippen LogP contribution in [-0.4, -0.2) is 23.3 Å². The molecule has 0 saturated heterocycles. The van der Waals surface area contributed by atoms with Crippen molar-refractivity contribution < 1.29 is 14.0 Å². The Kier molecular flexibility index (Phi) is 5.06. The predicted molar refractivity (Wildman–Crippen MR) is 106 cm³/mol. The van der Waals surface area contributed by atoms with E-state index in [1.807, 2.05) is 24.3 Å². The van der Waals surface area contributed by atoms with E-state index in [2.05, 4.69) is 11.4 Å². The first-order chi connectivity index (χ1) is 13.7. The molecule has 0 unspecified atom stereocenters. The van der Waals surface area contributed by atoms with Crippen molar-refractivity contribution in [2.24, 2.45) is 0 Å². The summed E-state index contributed by atoms with van der Waals surface area (Å²) in [5.74, 6) is -0.0477. The number of carbonyl (C=O) groups excluding carboxylic acids is 2. The SMILES string of the molecule is O=C(N/C(=C/c1ccco1)C(=O)N1CCc2ccccc2C1)c1ccccc1. The number of fused-ring (bicyclic) bond motifs is 1. The van der Waals surface area contributed by atoms with Crippen LogP contribution in [0.4, 0.5) is 0 Å².